The first-order chi connectivity index (χ1) is 18.0. The van der Waals surface area contributed by atoms with E-state index in [1.165, 1.54) is 49.7 Å². The molecule has 2 aliphatic carbocycles. The molecule has 0 radical (unpaired) electrons. The summed E-state index contributed by atoms with van der Waals surface area (Å²) in [5.41, 5.74) is 9.41. The van der Waals surface area contributed by atoms with Crippen LogP contribution in [0.4, 0.5) is 0 Å². The van der Waals surface area contributed by atoms with Crippen LogP contribution in [-0.2, 0) is 0 Å². The number of rotatable bonds is 5. The number of aromatic nitrogens is 4. The molecule has 4 nitrogen and oxygen atoms in total. The summed E-state index contributed by atoms with van der Waals surface area (Å²) in [5.74, 6) is 2.24. The molecule has 0 amide bonds. The van der Waals surface area contributed by atoms with E-state index in [1.807, 2.05) is 37.5 Å². The molecule has 3 heterocycles. The molecule has 0 spiro atoms. The van der Waals surface area contributed by atoms with Gasteiger partial charge in [-0.05, 0) is 78.5 Å². The van der Waals surface area contributed by atoms with Crippen LogP contribution in [0.2, 0.25) is 0 Å². The van der Waals surface area contributed by atoms with Crippen LogP contribution in [0.5, 0.6) is 0 Å². The molecule has 0 aliphatic heterocycles. The Morgan fingerprint density at radius 2 is 1.84 bits per heavy atom. The van der Waals surface area contributed by atoms with E-state index in [0.29, 0.717) is 5.92 Å². The van der Waals surface area contributed by atoms with Crippen LogP contribution in [-0.4, -0.2) is 20.2 Å². The van der Waals surface area contributed by atoms with Gasteiger partial charge in [0.25, 0.3) is 0 Å². The van der Waals surface area contributed by atoms with E-state index in [4.69, 9.17) is 4.98 Å². The van der Waals surface area contributed by atoms with E-state index in [1.54, 1.807) is 0 Å². The van der Waals surface area contributed by atoms with Crippen LogP contribution >= 0.6 is 0 Å². The minimum Gasteiger partial charge on any atom is -0.276 e. The lowest BCUT2D eigenvalue weighted by atomic mass is 9.78. The second-order valence-corrected chi connectivity index (χ2v) is 10.9. The average molecular weight is 491 g/mol. The predicted octanol–water partition coefficient (Wildman–Crippen LogP) is 8.55. The van der Waals surface area contributed by atoms with Gasteiger partial charge in [-0.1, -0.05) is 76.5 Å². The zero-order valence-corrected chi connectivity index (χ0v) is 22.4. The Hall–Kier alpha value is -3.53. The number of H-pyrrole nitrogens is 1. The van der Waals surface area contributed by atoms with Gasteiger partial charge in [0.1, 0.15) is 0 Å². The number of hydrogen-bond acceptors (Lipinski definition) is 3. The maximum absolute atomic E-state index is 4.86. The standard InChI is InChI=1S/C33H38N4/c1-22(2)25-10-6-12-26(13-7-11-25)24(4)29-19-28-15-8-14-27(17-18-31(28)34-20-29)30-21-35-37-33(30)32-16-5-9-23(3)36-32/h5,8-9,14-22,25-26H,4,6-7,10-13H2,1-3H3,(H,35,37)/b14-8?,15-8+,18-17?,27-14-,27-17?,28-15?,31-18?. The third kappa shape index (κ3) is 5.74. The highest BCUT2D eigenvalue weighted by Gasteiger charge is 2.22. The van der Waals surface area contributed by atoms with Crippen molar-refractivity contribution in [2.75, 3.05) is 0 Å². The summed E-state index contributed by atoms with van der Waals surface area (Å²) < 4.78 is 0. The van der Waals surface area contributed by atoms with Gasteiger partial charge in [-0.25, -0.2) is 0 Å². The summed E-state index contributed by atoms with van der Waals surface area (Å²) in [6.07, 6.45) is 22.3. The summed E-state index contributed by atoms with van der Waals surface area (Å²) in [5, 5.41) is 7.45. The second kappa shape index (κ2) is 11.2. The molecule has 1 fully saturated rings. The van der Waals surface area contributed by atoms with Crippen molar-refractivity contribution >= 4 is 23.3 Å². The van der Waals surface area contributed by atoms with Gasteiger partial charge in [-0.3, -0.25) is 15.1 Å². The van der Waals surface area contributed by atoms with Crippen molar-refractivity contribution in [2.24, 2.45) is 17.8 Å². The van der Waals surface area contributed by atoms with Gasteiger partial charge in [-0.2, -0.15) is 5.10 Å². The zero-order chi connectivity index (χ0) is 25.8. The molecular weight excluding hydrogens is 452 g/mol. The Morgan fingerprint density at radius 3 is 2.59 bits per heavy atom. The molecular formula is C33H38N4. The summed E-state index contributed by atoms with van der Waals surface area (Å²) in [4.78, 5) is 9.53. The van der Waals surface area contributed by atoms with E-state index in [9.17, 15) is 0 Å². The van der Waals surface area contributed by atoms with E-state index in [2.05, 4.69) is 72.1 Å². The maximum Gasteiger partial charge on any atom is 0.0912 e. The number of fused-ring (bicyclic) bond motifs is 1. The minimum atomic E-state index is 0.558. The summed E-state index contributed by atoms with van der Waals surface area (Å²) >= 11 is 0. The quantitative estimate of drug-likeness (QED) is 0.390. The van der Waals surface area contributed by atoms with Crippen molar-refractivity contribution < 1.29 is 0 Å². The largest absolute Gasteiger partial charge is 0.276 e. The molecule has 1 saturated carbocycles. The van der Waals surface area contributed by atoms with Crippen molar-refractivity contribution in [2.45, 2.75) is 59.3 Å². The van der Waals surface area contributed by atoms with Gasteiger partial charge in [0.15, 0.2) is 0 Å². The first kappa shape index (κ1) is 25.1. The molecule has 3 aromatic rings. The average Bonchev–Trinajstić information content (AvgIpc) is 3.34. The van der Waals surface area contributed by atoms with Gasteiger partial charge < -0.3 is 0 Å². The first-order valence-corrected chi connectivity index (χ1v) is 13.7. The van der Waals surface area contributed by atoms with Gasteiger partial charge in [0.05, 0.1) is 23.3 Å². The highest BCUT2D eigenvalue weighted by atomic mass is 15.1. The highest BCUT2D eigenvalue weighted by molar-refractivity contribution is 5.88. The Balaban J connectivity index is 1.34. The highest BCUT2D eigenvalue weighted by Crippen LogP contribution is 2.37. The number of nitrogens with one attached hydrogen (secondary N) is 1. The molecule has 0 unspecified atom stereocenters. The lowest BCUT2D eigenvalue weighted by Crippen LogP contribution is -2.14. The van der Waals surface area contributed by atoms with Crippen molar-refractivity contribution in [3.63, 3.8) is 0 Å². The van der Waals surface area contributed by atoms with Crippen LogP contribution in [0.15, 0.2) is 61.5 Å². The van der Waals surface area contributed by atoms with Gasteiger partial charge in [0, 0.05) is 23.0 Å². The first-order valence-electron chi connectivity index (χ1n) is 13.7. The van der Waals surface area contributed by atoms with Crippen molar-refractivity contribution in [3.05, 3.63) is 89.5 Å². The molecule has 0 atom stereocenters. The number of aryl methyl sites for hydroxylation is 1. The maximum atomic E-state index is 4.86. The van der Waals surface area contributed by atoms with E-state index in [-0.39, 0.29) is 0 Å². The molecule has 2 aliphatic rings. The lowest BCUT2D eigenvalue weighted by molar-refractivity contribution is 0.283. The molecule has 3 aromatic heterocycles. The monoisotopic (exact) mass is 490 g/mol. The topological polar surface area (TPSA) is 54.5 Å². The minimum absolute atomic E-state index is 0.558. The number of aromatic amines is 1. The third-order valence-electron chi connectivity index (χ3n) is 8.08. The van der Waals surface area contributed by atoms with Gasteiger partial charge >= 0.3 is 0 Å². The van der Waals surface area contributed by atoms with Crippen LogP contribution < -0.4 is 0 Å². The van der Waals surface area contributed by atoms with Crippen LogP contribution in [0, 0.1) is 24.7 Å². The molecule has 4 heteroatoms. The number of hydrogen-bond donors (Lipinski definition) is 1. The van der Waals surface area contributed by atoms with Gasteiger partial charge in [-0.15, -0.1) is 0 Å². The lowest BCUT2D eigenvalue weighted by Gasteiger charge is -2.28. The predicted molar refractivity (Wildman–Crippen MR) is 155 cm³/mol. The van der Waals surface area contributed by atoms with E-state index >= 15 is 0 Å². The fourth-order valence-corrected chi connectivity index (χ4v) is 5.77. The Labute approximate surface area is 221 Å². The fourth-order valence-electron chi connectivity index (χ4n) is 5.77. The molecule has 37 heavy (non-hydrogen) atoms. The van der Waals surface area contributed by atoms with Crippen molar-refractivity contribution in [1.29, 1.82) is 0 Å². The zero-order valence-electron chi connectivity index (χ0n) is 22.4. The van der Waals surface area contributed by atoms with E-state index < -0.39 is 0 Å². The fraction of sp³-hybridized carbons (Fsp3) is 0.364. The smallest absolute Gasteiger partial charge is 0.0912 e. The molecule has 0 aromatic carbocycles. The summed E-state index contributed by atoms with van der Waals surface area (Å²) in [6.45, 7) is 11.3. The Morgan fingerprint density at radius 1 is 1.03 bits per heavy atom. The number of pyridine rings is 2. The number of nitrogens with zero attached hydrogens (tertiary/aromatic N) is 3. The van der Waals surface area contributed by atoms with Crippen molar-refractivity contribution in [1.82, 2.24) is 20.2 Å². The molecule has 5 rings (SSSR count). The molecule has 0 bridgehead atoms. The van der Waals surface area contributed by atoms with Crippen LogP contribution in [0.1, 0.15) is 80.5 Å². The van der Waals surface area contributed by atoms with E-state index in [0.717, 1.165) is 51.3 Å². The van der Waals surface area contributed by atoms with Crippen LogP contribution in [0.3, 0.4) is 0 Å². The molecule has 0 saturated heterocycles. The molecule has 190 valence electrons. The summed E-state index contributed by atoms with van der Waals surface area (Å²) in [7, 11) is 0. The Bertz CT molecular complexity index is 1340. The molecule has 1 N–H and O–H groups in total. The SMILES string of the molecule is C=C(c1cnc2c(c1)/C=C/C=C(\c1cn[nH]c1-c1cccc(C)n1)C=C2)C1CCCC(C(C)C)CCC1. The van der Waals surface area contributed by atoms with Crippen molar-refractivity contribution in [3.8, 4) is 11.4 Å². The van der Waals surface area contributed by atoms with Crippen LogP contribution in [0.25, 0.3) is 34.7 Å². The number of allylic oxidation sites excluding steroid dienone is 5. The summed E-state index contributed by atoms with van der Waals surface area (Å²) in [6, 6.07) is 8.30. The third-order valence-corrected chi connectivity index (χ3v) is 8.08. The Kier molecular flexibility index (Phi) is 7.64. The normalized spacial score (nSPS) is 22.2. The van der Waals surface area contributed by atoms with Gasteiger partial charge in [0.2, 0.25) is 0 Å². The second-order valence-electron chi connectivity index (χ2n) is 10.9.